The Morgan fingerprint density at radius 3 is 2.69 bits per heavy atom. The van der Waals surface area contributed by atoms with Crippen LogP contribution in [-0.4, -0.2) is 17.0 Å². The van der Waals surface area contributed by atoms with E-state index in [-0.39, 0.29) is 0 Å². The summed E-state index contributed by atoms with van der Waals surface area (Å²) < 4.78 is 5.82. The minimum Gasteiger partial charge on any atom is -0.423 e. The van der Waals surface area contributed by atoms with Gasteiger partial charge in [0.05, 0.1) is 11.6 Å². The fraction of sp³-hybridized carbons (Fsp3) is 0.0952. The van der Waals surface area contributed by atoms with E-state index < -0.39 is 0 Å². The molecule has 126 valence electrons. The standard InChI is InChI=1S/C21H16N4O/c1-14-11-15(13-22)7-8-17(14)16-9-10-23-20(12-16)25(2)21-24-18-5-3-4-6-19(18)26-21/h3-12H,1-2H3. The minimum absolute atomic E-state index is 0.493. The van der Waals surface area contributed by atoms with Crippen molar-refractivity contribution in [1.82, 2.24) is 9.97 Å². The highest BCUT2D eigenvalue weighted by atomic mass is 16.4. The van der Waals surface area contributed by atoms with Crippen molar-refractivity contribution >= 4 is 22.9 Å². The highest BCUT2D eigenvalue weighted by Crippen LogP contribution is 2.30. The molecule has 0 radical (unpaired) electrons. The lowest BCUT2D eigenvalue weighted by molar-refractivity contribution is 0.602. The smallest absolute Gasteiger partial charge is 0.303 e. The lowest BCUT2D eigenvalue weighted by Crippen LogP contribution is -2.11. The Morgan fingerprint density at radius 2 is 1.92 bits per heavy atom. The molecule has 0 unspecified atom stereocenters. The van der Waals surface area contributed by atoms with Crippen LogP contribution in [0.4, 0.5) is 11.8 Å². The average Bonchev–Trinajstić information content (AvgIpc) is 3.11. The van der Waals surface area contributed by atoms with Crippen LogP contribution in [0.15, 0.2) is 65.2 Å². The molecule has 0 spiro atoms. The van der Waals surface area contributed by atoms with Gasteiger partial charge in [0.2, 0.25) is 0 Å². The maximum absolute atomic E-state index is 9.04. The predicted molar refractivity (Wildman–Crippen MR) is 101 cm³/mol. The van der Waals surface area contributed by atoms with Crippen LogP contribution in [0, 0.1) is 18.3 Å². The zero-order valence-corrected chi connectivity index (χ0v) is 14.5. The van der Waals surface area contributed by atoms with E-state index in [9.17, 15) is 0 Å². The number of fused-ring (bicyclic) bond motifs is 1. The van der Waals surface area contributed by atoms with E-state index in [1.54, 1.807) is 6.20 Å². The van der Waals surface area contributed by atoms with E-state index in [0.29, 0.717) is 11.6 Å². The quantitative estimate of drug-likeness (QED) is 0.534. The molecule has 0 N–H and O–H groups in total. The molecule has 0 fully saturated rings. The van der Waals surface area contributed by atoms with Gasteiger partial charge in [0.25, 0.3) is 0 Å². The van der Waals surface area contributed by atoms with Crippen molar-refractivity contribution in [2.24, 2.45) is 0 Å². The molecule has 0 aliphatic heterocycles. The number of hydrogen-bond acceptors (Lipinski definition) is 5. The molecule has 4 rings (SSSR count). The largest absolute Gasteiger partial charge is 0.423 e. The molecule has 5 heteroatoms. The minimum atomic E-state index is 0.493. The number of benzene rings is 2. The number of oxazole rings is 1. The van der Waals surface area contributed by atoms with Crippen molar-refractivity contribution < 1.29 is 4.42 Å². The number of aromatic nitrogens is 2. The lowest BCUT2D eigenvalue weighted by atomic mass is 9.99. The van der Waals surface area contributed by atoms with Crippen molar-refractivity contribution in [3.8, 4) is 17.2 Å². The van der Waals surface area contributed by atoms with Crippen LogP contribution in [0.3, 0.4) is 0 Å². The Balaban J connectivity index is 1.72. The van der Waals surface area contributed by atoms with Gasteiger partial charge in [-0.2, -0.15) is 10.2 Å². The Kier molecular flexibility index (Phi) is 3.86. The molecule has 4 aromatic rings. The third-order valence-corrected chi connectivity index (χ3v) is 4.33. The molecule has 5 nitrogen and oxygen atoms in total. The predicted octanol–water partition coefficient (Wildman–Crippen LogP) is 4.84. The summed E-state index contributed by atoms with van der Waals surface area (Å²) >= 11 is 0. The fourth-order valence-corrected chi connectivity index (χ4v) is 2.93. The number of nitrogens with zero attached hydrogens (tertiary/aromatic N) is 4. The number of hydrogen-bond donors (Lipinski definition) is 0. The lowest BCUT2D eigenvalue weighted by Gasteiger charge is -2.15. The average molecular weight is 340 g/mol. The van der Waals surface area contributed by atoms with Crippen LogP contribution in [0.1, 0.15) is 11.1 Å². The highest BCUT2D eigenvalue weighted by Gasteiger charge is 2.14. The van der Waals surface area contributed by atoms with Crippen molar-refractivity contribution in [3.63, 3.8) is 0 Å². The second-order valence-electron chi connectivity index (χ2n) is 6.07. The van der Waals surface area contributed by atoms with Gasteiger partial charge in [0.15, 0.2) is 5.58 Å². The number of aryl methyl sites for hydroxylation is 1. The van der Waals surface area contributed by atoms with Crippen LogP contribution in [0.2, 0.25) is 0 Å². The van der Waals surface area contributed by atoms with Gasteiger partial charge >= 0.3 is 6.01 Å². The SMILES string of the molecule is Cc1cc(C#N)ccc1-c1ccnc(N(C)c2nc3ccccc3o2)c1. The van der Waals surface area contributed by atoms with Crippen LogP contribution in [0.25, 0.3) is 22.2 Å². The molecule has 2 heterocycles. The maximum atomic E-state index is 9.04. The molecule has 0 saturated heterocycles. The van der Waals surface area contributed by atoms with Crippen LogP contribution in [-0.2, 0) is 0 Å². The monoisotopic (exact) mass is 340 g/mol. The molecule has 0 aliphatic rings. The second-order valence-corrected chi connectivity index (χ2v) is 6.07. The van der Waals surface area contributed by atoms with E-state index in [2.05, 4.69) is 16.0 Å². The molecule has 2 aromatic carbocycles. The molecule has 0 bridgehead atoms. The summed E-state index contributed by atoms with van der Waals surface area (Å²) in [6, 6.07) is 19.9. The van der Waals surface area contributed by atoms with Crippen LogP contribution in [0.5, 0.6) is 0 Å². The Hall–Kier alpha value is -3.65. The van der Waals surface area contributed by atoms with Crippen molar-refractivity contribution in [2.75, 3.05) is 11.9 Å². The van der Waals surface area contributed by atoms with Gasteiger partial charge in [-0.3, -0.25) is 4.90 Å². The van der Waals surface area contributed by atoms with Gasteiger partial charge in [0, 0.05) is 13.2 Å². The van der Waals surface area contributed by atoms with Gasteiger partial charge in [-0.25, -0.2) is 4.98 Å². The van der Waals surface area contributed by atoms with Crippen LogP contribution >= 0.6 is 0 Å². The number of pyridine rings is 1. The third-order valence-electron chi connectivity index (χ3n) is 4.33. The van der Waals surface area contributed by atoms with Gasteiger partial charge in [-0.05, 0) is 60.0 Å². The molecule has 0 aliphatic carbocycles. The maximum Gasteiger partial charge on any atom is 0.303 e. The van der Waals surface area contributed by atoms with Gasteiger partial charge in [-0.15, -0.1) is 0 Å². The van der Waals surface area contributed by atoms with E-state index in [1.165, 1.54) is 0 Å². The molecule has 26 heavy (non-hydrogen) atoms. The summed E-state index contributed by atoms with van der Waals surface area (Å²) in [7, 11) is 1.88. The number of nitriles is 1. The first kappa shape index (κ1) is 15.9. The first-order valence-electron chi connectivity index (χ1n) is 8.22. The van der Waals surface area contributed by atoms with Gasteiger partial charge in [-0.1, -0.05) is 18.2 Å². The zero-order valence-electron chi connectivity index (χ0n) is 14.5. The number of rotatable bonds is 3. The van der Waals surface area contributed by atoms with Gasteiger partial charge in [0.1, 0.15) is 11.3 Å². The number of anilines is 2. The van der Waals surface area contributed by atoms with Crippen molar-refractivity contribution in [1.29, 1.82) is 5.26 Å². The Morgan fingerprint density at radius 1 is 1.08 bits per heavy atom. The first-order valence-corrected chi connectivity index (χ1v) is 8.22. The summed E-state index contributed by atoms with van der Waals surface area (Å²) in [5.74, 6) is 0.734. The second kappa shape index (κ2) is 6.34. The number of para-hydroxylation sites is 2. The molecule has 0 atom stereocenters. The topological polar surface area (TPSA) is 66.0 Å². The summed E-state index contributed by atoms with van der Waals surface area (Å²) in [4.78, 5) is 10.8. The van der Waals surface area contributed by atoms with Crippen molar-refractivity contribution in [2.45, 2.75) is 6.92 Å². The third kappa shape index (κ3) is 2.78. The summed E-state index contributed by atoms with van der Waals surface area (Å²) in [5.41, 5.74) is 5.36. The molecule has 0 amide bonds. The molecular formula is C21H16N4O. The summed E-state index contributed by atoms with van der Waals surface area (Å²) in [6.07, 6.45) is 1.77. The molecular weight excluding hydrogens is 324 g/mol. The molecule has 0 saturated carbocycles. The normalized spacial score (nSPS) is 10.7. The first-order chi connectivity index (χ1) is 12.7. The van der Waals surface area contributed by atoms with Crippen LogP contribution < -0.4 is 4.90 Å². The Bertz CT molecular complexity index is 1110. The van der Waals surface area contributed by atoms with Gasteiger partial charge < -0.3 is 4.42 Å². The fourth-order valence-electron chi connectivity index (χ4n) is 2.93. The Labute approximate surface area is 151 Å². The van der Waals surface area contributed by atoms with E-state index in [0.717, 1.165) is 33.6 Å². The van der Waals surface area contributed by atoms with E-state index in [1.807, 2.05) is 73.5 Å². The zero-order chi connectivity index (χ0) is 18.1. The summed E-state index contributed by atoms with van der Waals surface area (Å²) in [5, 5.41) is 9.04. The summed E-state index contributed by atoms with van der Waals surface area (Å²) in [6.45, 7) is 2.00. The highest BCUT2D eigenvalue weighted by molar-refractivity contribution is 5.76. The molecule has 2 aromatic heterocycles. The van der Waals surface area contributed by atoms with E-state index >= 15 is 0 Å². The van der Waals surface area contributed by atoms with Crippen molar-refractivity contribution in [3.05, 3.63) is 71.9 Å². The van der Waals surface area contributed by atoms with E-state index in [4.69, 9.17) is 9.68 Å².